The van der Waals surface area contributed by atoms with Gasteiger partial charge in [-0.3, -0.25) is 4.79 Å². The second-order valence-corrected chi connectivity index (χ2v) is 6.00. The van der Waals surface area contributed by atoms with E-state index in [1.54, 1.807) is 12.1 Å². The van der Waals surface area contributed by atoms with E-state index in [-0.39, 0.29) is 17.4 Å². The van der Waals surface area contributed by atoms with Crippen LogP contribution in [0.1, 0.15) is 43.1 Å². The fourth-order valence-corrected chi connectivity index (χ4v) is 2.70. The van der Waals surface area contributed by atoms with Gasteiger partial charge in [0.05, 0.1) is 5.02 Å². The van der Waals surface area contributed by atoms with Gasteiger partial charge in [0.25, 0.3) is 5.91 Å². The molecule has 1 amide bonds. The van der Waals surface area contributed by atoms with E-state index in [1.165, 1.54) is 6.20 Å². The van der Waals surface area contributed by atoms with Gasteiger partial charge in [-0.25, -0.2) is 4.98 Å². The monoisotopic (exact) mass is 310 g/mol. The quantitative estimate of drug-likeness (QED) is 0.344. The molecule has 21 heavy (non-hydrogen) atoms. The zero-order chi connectivity index (χ0) is 15.5. The maximum Gasteiger partial charge on any atom is 0.270 e. The Balaban J connectivity index is 2.19. The molecule has 0 spiro atoms. The average Bonchev–Trinajstić information content (AvgIpc) is 2.49. The number of carbonyl (C=O) groups is 1. The van der Waals surface area contributed by atoms with Gasteiger partial charge < -0.3 is 16.3 Å². The molecular formula is C14H19ClN4O2. The van der Waals surface area contributed by atoms with E-state index in [2.05, 4.69) is 22.4 Å². The van der Waals surface area contributed by atoms with Crippen molar-refractivity contribution < 1.29 is 10.0 Å². The Morgan fingerprint density at radius 1 is 1.52 bits per heavy atom. The number of hydrogen-bond donors (Lipinski definition) is 3. The van der Waals surface area contributed by atoms with Gasteiger partial charge in [0, 0.05) is 6.20 Å². The number of nitrogens with zero attached hydrogens (tertiary/aromatic N) is 2. The Kier molecular flexibility index (Phi) is 4.67. The molecule has 1 aromatic rings. The van der Waals surface area contributed by atoms with E-state index in [4.69, 9.17) is 22.5 Å². The lowest BCUT2D eigenvalue weighted by Crippen LogP contribution is -2.59. The summed E-state index contributed by atoms with van der Waals surface area (Å²) in [5.41, 5.74) is 5.27. The second-order valence-electron chi connectivity index (χ2n) is 5.57. The fourth-order valence-electron chi connectivity index (χ4n) is 2.59. The molecule has 0 bridgehead atoms. The van der Waals surface area contributed by atoms with Crippen LogP contribution in [0.4, 0.5) is 0 Å². The highest BCUT2D eigenvalue weighted by Gasteiger charge is 2.40. The van der Waals surface area contributed by atoms with E-state index < -0.39 is 5.54 Å². The predicted molar refractivity (Wildman–Crippen MR) is 80.5 cm³/mol. The summed E-state index contributed by atoms with van der Waals surface area (Å²) in [6.45, 7) is 2.15. The van der Waals surface area contributed by atoms with Crippen LogP contribution in [0, 0.1) is 5.92 Å². The molecule has 0 unspecified atom stereocenters. The average molecular weight is 311 g/mol. The smallest absolute Gasteiger partial charge is 0.270 e. The summed E-state index contributed by atoms with van der Waals surface area (Å²) >= 11 is 5.76. The normalized spacial score (nSPS) is 26.4. The molecule has 1 saturated carbocycles. The minimum atomic E-state index is -0.806. The number of nitrogens with one attached hydrogen (secondary N) is 1. The Labute approximate surface area is 128 Å². The lowest BCUT2D eigenvalue weighted by Gasteiger charge is -2.38. The molecule has 0 aromatic carbocycles. The van der Waals surface area contributed by atoms with Crippen molar-refractivity contribution in [3.8, 4) is 0 Å². The molecule has 4 N–H and O–H groups in total. The van der Waals surface area contributed by atoms with Crippen LogP contribution in [0.5, 0.6) is 0 Å². The number of carbonyl (C=O) groups excluding carboxylic acids is 1. The topological polar surface area (TPSA) is 101 Å². The minimum Gasteiger partial charge on any atom is -0.409 e. The standard InChI is InChI=1S/C14H19ClN4O2/c1-9-4-6-14(7-5-9,13(16)19-21)18-12(20)11-3-2-10(15)8-17-11/h2-3,8-9,21H,4-7H2,1H3,(H2,16,19)(H,18,20). The summed E-state index contributed by atoms with van der Waals surface area (Å²) in [5, 5.41) is 15.5. The molecule has 114 valence electrons. The number of amidine groups is 1. The molecule has 1 aliphatic carbocycles. The lowest BCUT2D eigenvalue weighted by atomic mass is 9.76. The van der Waals surface area contributed by atoms with Gasteiger partial charge in [0.1, 0.15) is 11.2 Å². The molecule has 0 aliphatic heterocycles. The largest absolute Gasteiger partial charge is 0.409 e. The highest BCUT2D eigenvalue weighted by molar-refractivity contribution is 6.30. The van der Waals surface area contributed by atoms with Gasteiger partial charge in [-0.2, -0.15) is 0 Å². The van der Waals surface area contributed by atoms with Crippen LogP contribution in [0.3, 0.4) is 0 Å². The van der Waals surface area contributed by atoms with Crippen molar-refractivity contribution in [1.29, 1.82) is 0 Å². The van der Waals surface area contributed by atoms with Crippen molar-refractivity contribution in [2.75, 3.05) is 0 Å². The van der Waals surface area contributed by atoms with Crippen molar-refractivity contribution in [3.63, 3.8) is 0 Å². The molecule has 0 radical (unpaired) electrons. The van der Waals surface area contributed by atoms with Crippen LogP contribution >= 0.6 is 11.6 Å². The summed E-state index contributed by atoms with van der Waals surface area (Å²) in [5.74, 6) is 0.250. The fraction of sp³-hybridized carbons (Fsp3) is 0.500. The summed E-state index contributed by atoms with van der Waals surface area (Å²) in [7, 11) is 0. The summed E-state index contributed by atoms with van der Waals surface area (Å²) in [4.78, 5) is 16.3. The SMILES string of the molecule is CC1CCC(NC(=O)c2ccc(Cl)cn2)(C(N)=NO)CC1. The number of amides is 1. The van der Waals surface area contributed by atoms with Crippen LogP contribution in [-0.2, 0) is 0 Å². The highest BCUT2D eigenvalue weighted by atomic mass is 35.5. The Hall–Kier alpha value is -1.82. The van der Waals surface area contributed by atoms with E-state index in [1.807, 2.05) is 0 Å². The molecule has 1 heterocycles. The van der Waals surface area contributed by atoms with Gasteiger partial charge in [-0.15, -0.1) is 0 Å². The van der Waals surface area contributed by atoms with Crippen molar-refractivity contribution in [2.24, 2.45) is 16.8 Å². The Morgan fingerprint density at radius 2 is 2.19 bits per heavy atom. The first-order chi connectivity index (χ1) is 9.97. The van der Waals surface area contributed by atoms with E-state index in [9.17, 15) is 4.79 Å². The van der Waals surface area contributed by atoms with Crippen molar-refractivity contribution >= 4 is 23.3 Å². The van der Waals surface area contributed by atoms with Gasteiger partial charge >= 0.3 is 0 Å². The molecule has 0 atom stereocenters. The summed E-state index contributed by atoms with van der Waals surface area (Å²) in [6, 6.07) is 3.14. The first-order valence-corrected chi connectivity index (χ1v) is 7.27. The highest BCUT2D eigenvalue weighted by Crippen LogP contribution is 2.32. The zero-order valence-electron chi connectivity index (χ0n) is 11.8. The van der Waals surface area contributed by atoms with Gasteiger partial charge in [0.2, 0.25) is 0 Å². The molecular weight excluding hydrogens is 292 g/mol. The van der Waals surface area contributed by atoms with Gasteiger partial charge in [-0.05, 0) is 43.7 Å². The maximum absolute atomic E-state index is 12.3. The van der Waals surface area contributed by atoms with Crippen LogP contribution in [0.25, 0.3) is 0 Å². The van der Waals surface area contributed by atoms with Crippen LogP contribution < -0.4 is 11.1 Å². The molecule has 6 nitrogen and oxygen atoms in total. The zero-order valence-corrected chi connectivity index (χ0v) is 12.6. The van der Waals surface area contributed by atoms with Crippen LogP contribution in [0.2, 0.25) is 5.02 Å². The third-order valence-corrected chi connectivity index (χ3v) is 4.26. The van der Waals surface area contributed by atoms with Crippen molar-refractivity contribution in [3.05, 3.63) is 29.0 Å². The van der Waals surface area contributed by atoms with Crippen LogP contribution in [0.15, 0.2) is 23.5 Å². The first-order valence-electron chi connectivity index (χ1n) is 6.89. The number of hydrogen-bond acceptors (Lipinski definition) is 4. The third-order valence-electron chi connectivity index (χ3n) is 4.04. The van der Waals surface area contributed by atoms with Gasteiger partial charge in [-0.1, -0.05) is 23.7 Å². The maximum atomic E-state index is 12.3. The first kappa shape index (κ1) is 15.6. The molecule has 1 aromatic heterocycles. The molecule has 0 saturated heterocycles. The Morgan fingerprint density at radius 3 is 2.71 bits per heavy atom. The molecule has 7 heteroatoms. The van der Waals surface area contributed by atoms with Gasteiger partial charge in [0.15, 0.2) is 5.84 Å². The van der Waals surface area contributed by atoms with E-state index in [0.29, 0.717) is 23.8 Å². The number of oxime groups is 1. The van der Waals surface area contributed by atoms with Crippen molar-refractivity contribution in [1.82, 2.24) is 10.3 Å². The summed E-state index contributed by atoms with van der Waals surface area (Å²) in [6.07, 6.45) is 4.51. The third kappa shape index (κ3) is 3.44. The molecule has 1 aliphatic rings. The lowest BCUT2D eigenvalue weighted by molar-refractivity contribution is 0.0892. The molecule has 2 rings (SSSR count). The van der Waals surface area contributed by atoms with Crippen LogP contribution in [-0.4, -0.2) is 27.5 Å². The summed E-state index contributed by atoms with van der Waals surface area (Å²) < 4.78 is 0. The number of pyridine rings is 1. The minimum absolute atomic E-state index is 0.0386. The number of nitrogens with two attached hydrogens (primary N) is 1. The predicted octanol–water partition coefficient (Wildman–Crippen LogP) is 2.16. The number of halogens is 1. The second kappa shape index (κ2) is 6.30. The van der Waals surface area contributed by atoms with E-state index >= 15 is 0 Å². The van der Waals surface area contributed by atoms with Crippen molar-refractivity contribution in [2.45, 2.75) is 38.1 Å². The van der Waals surface area contributed by atoms with E-state index in [0.717, 1.165) is 12.8 Å². The number of aromatic nitrogens is 1. The Bertz CT molecular complexity index is 536. The molecule has 1 fully saturated rings. The number of rotatable bonds is 3.